The van der Waals surface area contributed by atoms with Crippen LogP contribution in [0.1, 0.15) is 31.3 Å². The van der Waals surface area contributed by atoms with Gasteiger partial charge < -0.3 is 5.32 Å². The molecule has 1 heterocycles. The molecule has 1 aromatic rings. The van der Waals surface area contributed by atoms with Crippen molar-refractivity contribution in [2.45, 2.75) is 45.1 Å². The Morgan fingerprint density at radius 1 is 1.28 bits per heavy atom. The summed E-state index contributed by atoms with van der Waals surface area (Å²) in [5, 5.41) is 1.36. The average Bonchev–Trinajstić information content (AvgIpc) is 2.56. The standard InChI is InChI=1S/C11H18N2O3S2/c1-6(2)18(15,16)9(5)10(14)13-11-12-7(3)8(4)17-11/h6,9H,1-5H3,(H,12,13,14). The number of thiazole rings is 1. The molecular weight excluding hydrogens is 272 g/mol. The molecule has 0 saturated carbocycles. The van der Waals surface area contributed by atoms with Crippen LogP contribution in [-0.4, -0.2) is 29.8 Å². The smallest absolute Gasteiger partial charge is 0.244 e. The Morgan fingerprint density at radius 3 is 2.22 bits per heavy atom. The van der Waals surface area contributed by atoms with Gasteiger partial charge in [0.15, 0.2) is 15.0 Å². The molecule has 0 aliphatic carbocycles. The third-order valence-corrected chi connectivity index (χ3v) is 6.28. The van der Waals surface area contributed by atoms with Gasteiger partial charge in [-0.05, 0) is 34.6 Å². The monoisotopic (exact) mass is 290 g/mol. The first-order valence-corrected chi connectivity index (χ1v) is 8.06. The Labute approximate surface area is 112 Å². The molecule has 1 unspecified atom stereocenters. The zero-order valence-electron chi connectivity index (χ0n) is 11.1. The number of nitrogens with zero attached hydrogens (tertiary/aromatic N) is 1. The number of nitrogens with one attached hydrogen (secondary N) is 1. The normalized spacial score (nSPS) is 13.7. The van der Waals surface area contributed by atoms with Crippen LogP contribution >= 0.6 is 11.3 Å². The highest BCUT2D eigenvalue weighted by Gasteiger charge is 2.31. The van der Waals surface area contributed by atoms with Crippen molar-refractivity contribution in [1.29, 1.82) is 0 Å². The number of hydrogen-bond acceptors (Lipinski definition) is 5. The molecule has 0 aliphatic rings. The Hall–Kier alpha value is -0.950. The van der Waals surface area contributed by atoms with Gasteiger partial charge in [-0.3, -0.25) is 4.79 Å². The third kappa shape index (κ3) is 3.08. The Bertz CT molecular complexity index is 527. The summed E-state index contributed by atoms with van der Waals surface area (Å²) in [6.07, 6.45) is 0. The number of aromatic nitrogens is 1. The highest BCUT2D eigenvalue weighted by atomic mass is 32.2. The summed E-state index contributed by atoms with van der Waals surface area (Å²) in [6, 6.07) is 0. The lowest BCUT2D eigenvalue weighted by atomic mass is 10.4. The van der Waals surface area contributed by atoms with Crippen molar-refractivity contribution >= 4 is 32.2 Å². The van der Waals surface area contributed by atoms with E-state index in [0.717, 1.165) is 10.6 Å². The molecule has 18 heavy (non-hydrogen) atoms. The van der Waals surface area contributed by atoms with Crippen molar-refractivity contribution in [2.75, 3.05) is 5.32 Å². The first-order valence-electron chi connectivity index (χ1n) is 5.64. The second-order valence-electron chi connectivity index (χ2n) is 4.43. The van der Waals surface area contributed by atoms with Gasteiger partial charge in [0.25, 0.3) is 0 Å². The van der Waals surface area contributed by atoms with Crippen LogP contribution in [0.15, 0.2) is 0 Å². The molecular formula is C11H18N2O3S2. The Morgan fingerprint density at radius 2 is 1.83 bits per heavy atom. The number of amides is 1. The van der Waals surface area contributed by atoms with E-state index in [9.17, 15) is 13.2 Å². The van der Waals surface area contributed by atoms with Crippen molar-refractivity contribution in [3.8, 4) is 0 Å². The van der Waals surface area contributed by atoms with E-state index in [1.54, 1.807) is 13.8 Å². The number of anilines is 1. The van der Waals surface area contributed by atoms with Crippen LogP contribution in [0.3, 0.4) is 0 Å². The van der Waals surface area contributed by atoms with Crippen molar-refractivity contribution in [2.24, 2.45) is 0 Å². The molecule has 7 heteroatoms. The molecule has 0 bridgehead atoms. The molecule has 1 aromatic heterocycles. The van der Waals surface area contributed by atoms with Crippen LogP contribution in [0.2, 0.25) is 0 Å². The summed E-state index contributed by atoms with van der Waals surface area (Å²) >= 11 is 1.34. The summed E-state index contributed by atoms with van der Waals surface area (Å²) in [6.45, 7) is 8.28. The maximum atomic E-state index is 11.9. The van der Waals surface area contributed by atoms with Gasteiger partial charge in [-0.15, -0.1) is 11.3 Å². The fourth-order valence-electron chi connectivity index (χ4n) is 1.29. The molecule has 1 rings (SSSR count). The van der Waals surface area contributed by atoms with Crippen molar-refractivity contribution in [3.05, 3.63) is 10.6 Å². The van der Waals surface area contributed by atoms with Crippen molar-refractivity contribution < 1.29 is 13.2 Å². The summed E-state index contributed by atoms with van der Waals surface area (Å²) in [7, 11) is -3.43. The average molecular weight is 290 g/mol. The molecule has 1 N–H and O–H groups in total. The van der Waals surface area contributed by atoms with Gasteiger partial charge in [0.2, 0.25) is 5.91 Å². The maximum absolute atomic E-state index is 11.9. The van der Waals surface area contributed by atoms with E-state index in [4.69, 9.17) is 0 Å². The highest BCUT2D eigenvalue weighted by molar-refractivity contribution is 7.93. The van der Waals surface area contributed by atoms with Gasteiger partial charge in [-0.2, -0.15) is 0 Å². The molecule has 5 nitrogen and oxygen atoms in total. The first-order chi connectivity index (χ1) is 8.16. The number of sulfone groups is 1. The minimum absolute atomic E-state index is 0.445. The lowest BCUT2D eigenvalue weighted by Crippen LogP contribution is -2.36. The fraction of sp³-hybridized carbons (Fsp3) is 0.636. The van der Waals surface area contributed by atoms with Crippen LogP contribution in [0.25, 0.3) is 0 Å². The second-order valence-corrected chi connectivity index (χ2v) is 8.46. The molecule has 1 atom stereocenters. The molecule has 0 fully saturated rings. The van der Waals surface area contributed by atoms with Crippen molar-refractivity contribution in [3.63, 3.8) is 0 Å². The lowest BCUT2D eigenvalue weighted by Gasteiger charge is -2.14. The molecule has 102 valence electrons. The number of carbonyl (C=O) groups excluding carboxylic acids is 1. The van der Waals surface area contributed by atoms with Crippen LogP contribution in [-0.2, 0) is 14.6 Å². The fourth-order valence-corrected chi connectivity index (χ4v) is 3.28. The summed E-state index contributed by atoms with van der Waals surface area (Å²) in [5.41, 5.74) is 0.842. The van der Waals surface area contributed by atoms with E-state index in [1.807, 2.05) is 13.8 Å². The minimum Gasteiger partial charge on any atom is -0.301 e. The van der Waals surface area contributed by atoms with E-state index in [-0.39, 0.29) is 0 Å². The van der Waals surface area contributed by atoms with Crippen LogP contribution in [0.4, 0.5) is 5.13 Å². The molecule has 0 saturated heterocycles. The van der Waals surface area contributed by atoms with E-state index in [1.165, 1.54) is 18.3 Å². The van der Waals surface area contributed by atoms with E-state index in [2.05, 4.69) is 10.3 Å². The van der Waals surface area contributed by atoms with Gasteiger partial charge in [-0.1, -0.05) is 0 Å². The molecule has 0 aromatic carbocycles. The van der Waals surface area contributed by atoms with E-state index in [0.29, 0.717) is 5.13 Å². The SMILES string of the molecule is Cc1nc(NC(=O)C(C)S(=O)(=O)C(C)C)sc1C. The predicted molar refractivity (Wildman–Crippen MR) is 73.7 cm³/mol. The van der Waals surface area contributed by atoms with Crippen molar-refractivity contribution in [1.82, 2.24) is 4.98 Å². The molecule has 1 amide bonds. The number of aryl methyl sites for hydroxylation is 2. The summed E-state index contributed by atoms with van der Waals surface area (Å²) in [5.74, 6) is -0.530. The zero-order valence-corrected chi connectivity index (χ0v) is 12.8. The third-order valence-electron chi connectivity index (χ3n) is 2.78. The van der Waals surface area contributed by atoms with Gasteiger partial charge in [0, 0.05) is 4.88 Å². The van der Waals surface area contributed by atoms with Crippen LogP contribution in [0, 0.1) is 13.8 Å². The highest BCUT2D eigenvalue weighted by Crippen LogP contribution is 2.22. The van der Waals surface area contributed by atoms with Crippen LogP contribution in [0.5, 0.6) is 0 Å². The Kier molecular flexibility index (Phi) is 4.50. The Balaban J connectivity index is 2.84. The largest absolute Gasteiger partial charge is 0.301 e. The van der Waals surface area contributed by atoms with Crippen LogP contribution < -0.4 is 5.32 Å². The summed E-state index contributed by atoms with van der Waals surface area (Å²) < 4.78 is 23.7. The van der Waals surface area contributed by atoms with Gasteiger partial charge >= 0.3 is 0 Å². The molecule has 0 spiro atoms. The number of carbonyl (C=O) groups is 1. The first kappa shape index (κ1) is 15.1. The van der Waals surface area contributed by atoms with E-state index >= 15 is 0 Å². The van der Waals surface area contributed by atoms with Gasteiger partial charge in [0.05, 0.1) is 10.9 Å². The minimum atomic E-state index is -3.43. The number of hydrogen-bond donors (Lipinski definition) is 1. The second kappa shape index (κ2) is 5.36. The summed E-state index contributed by atoms with van der Waals surface area (Å²) in [4.78, 5) is 17.0. The topological polar surface area (TPSA) is 76.1 Å². The lowest BCUT2D eigenvalue weighted by molar-refractivity contribution is -0.115. The van der Waals surface area contributed by atoms with Gasteiger partial charge in [0.1, 0.15) is 5.25 Å². The number of rotatable bonds is 4. The quantitative estimate of drug-likeness (QED) is 0.919. The molecule has 0 aliphatic heterocycles. The maximum Gasteiger partial charge on any atom is 0.244 e. The predicted octanol–water partition coefficient (Wildman–Crippen LogP) is 1.91. The van der Waals surface area contributed by atoms with E-state index < -0.39 is 26.2 Å². The molecule has 0 radical (unpaired) electrons. The zero-order chi connectivity index (χ0) is 14.1. The van der Waals surface area contributed by atoms with Gasteiger partial charge in [-0.25, -0.2) is 13.4 Å².